The zero-order valence-corrected chi connectivity index (χ0v) is 16.3. The minimum absolute atomic E-state index is 0.0565. The van der Waals surface area contributed by atoms with Gasteiger partial charge in [-0.1, -0.05) is 29.0 Å². The number of carbonyl (C=O) groups is 1. The first-order chi connectivity index (χ1) is 12.5. The predicted molar refractivity (Wildman–Crippen MR) is 105 cm³/mol. The number of halogens is 1. The first-order valence-electron chi connectivity index (χ1n) is 8.61. The highest BCUT2D eigenvalue weighted by molar-refractivity contribution is 7.22. The standard InChI is InChI=1S/C18H20ClN5OS/c1-11-3-4-14(19)16-15(11)22-18(26-16)24-7-5-13(6-8-24)21-17(25)12-9-20-23(2)10-12/h3-4,9-10,13H,5-8H2,1-2H3,(H,21,25). The largest absolute Gasteiger partial charge is 0.349 e. The van der Waals surface area contributed by atoms with Crippen LogP contribution in [0.1, 0.15) is 28.8 Å². The average molecular weight is 390 g/mol. The molecule has 0 unspecified atom stereocenters. The van der Waals surface area contributed by atoms with E-state index in [-0.39, 0.29) is 11.9 Å². The molecule has 4 rings (SSSR count). The van der Waals surface area contributed by atoms with Gasteiger partial charge in [0, 0.05) is 32.4 Å². The fourth-order valence-corrected chi connectivity index (χ4v) is 4.62. The Bertz CT molecular complexity index is 919. The number of rotatable bonds is 3. The number of nitrogens with one attached hydrogen (secondary N) is 1. The summed E-state index contributed by atoms with van der Waals surface area (Å²) in [5.74, 6) is -0.0565. The number of benzene rings is 1. The molecule has 0 aliphatic carbocycles. The van der Waals surface area contributed by atoms with Gasteiger partial charge in [0.05, 0.1) is 27.0 Å². The molecular formula is C18H20ClN5OS. The van der Waals surface area contributed by atoms with Crippen LogP contribution in [-0.4, -0.2) is 39.8 Å². The number of hydrogen-bond donors (Lipinski definition) is 1. The maximum Gasteiger partial charge on any atom is 0.254 e. The molecule has 136 valence electrons. The molecule has 1 amide bonds. The van der Waals surface area contributed by atoms with Crippen molar-refractivity contribution < 1.29 is 4.79 Å². The van der Waals surface area contributed by atoms with E-state index in [4.69, 9.17) is 16.6 Å². The van der Waals surface area contributed by atoms with Gasteiger partial charge < -0.3 is 10.2 Å². The number of aryl methyl sites for hydroxylation is 2. The van der Waals surface area contributed by atoms with Gasteiger partial charge in [-0.15, -0.1) is 0 Å². The normalized spacial score (nSPS) is 15.6. The molecule has 1 N–H and O–H groups in total. The number of nitrogens with zero attached hydrogens (tertiary/aromatic N) is 4. The topological polar surface area (TPSA) is 63.1 Å². The van der Waals surface area contributed by atoms with Crippen LogP contribution in [0.5, 0.6) is 0 Å². The van der Waals surface area contributed by atoms with Crippen molar-refractivity contribution in [2.75, 3.05) is 18.0 Å². The number of carbonyl (C=O) groups excluding carboxylic acids is 1. The predicted octanol–water partition coefficient (Wildman–Crippen LogP) is 3.39. The fraction of sp³-hybridized carbons (Fsp3) is 0.389. The lowest BCUT2D eigenvalue weighted by Gasteiger charge is -2.32. The van der Waals surface area contributed by atoms with Crippen molar-refractivity contribution in [3.8, 4) is 0 Å². The number of piperidine rings is 1. The molecule has 0 saturated carbocycles. The van der Waals surface area contributed by atoms with E-state index >= 15 is 0 Å². The van der Waals surface area contributed by atoms with E-state index in [1.54, 1.807) is 35.5 Å². The summed E-state index contributed by atoms with van der Waals surface area (Å²) < 4.78 is 2.69. The van der Waals surface area contributed by atoms with E-state index in [1.165, 1.54) is 0 Å². The molecule has 2 aromatic heterocycles. The van der Waals surface area contributed by atoms with E-state index in [0.717, 1.165) is 51.9 Å². The second kappa shape index (κ2) is 6.89. The summed E-state index contributed by atoms with van der Waals surface area (Å²) in [5, 5.41) is 8.92. The number of fused-ring (bicyclic) bond motifs is 1. The number of thiazole rings is 1. The molecular weight excluding hydrogens is 370 g/mol. The average Bonchev–Trinajstić information content (AvgIpc) is 3.26. The second-order valence-corrected chi connectivity index (χ2v) is 8.06. The van der Waals surface area contributed by atoms with Crippen LogP contribution in [0.4, 0.5) is 5.13 Å². The molecule has 0 spiro atoms. The van der Waals surface area contributed by atoms with Crippen LogP contribution < -0.4 is 10.2 Å². The van der Waals surface area contributed by atoms with Gasteiger partial charge in [-0.05, 0) is 31.4 Å². The van der Waals surface area contributed by atoms with Crippen molar-refractivity contribution in [3.63, 3.8) is 0 Å². The molecule has 26 heavy (non-hydrogen) atoms. The Balaban J connectivity index is 1.41. The minimum atomic E-state index is -0.0565. The van der Waals surface area contributed by atoms with Crippen LogP contribution in [0.2, 0.25) is 5.02 Å². The SMILES string of the molecule is Cc1ccc(Cl)c2sc(N3CCC(NC(=O)c4cnn(C)c4)CC3)nc12. The Hall–Kier alpha value is -2.12. The first kappa shape index (κ1) is 17.3. The Labute approximate surface area is 160 Å². The van der Waals surface area contributed by atoms with Crippen LogP contribution in [0.3, 0.4) is 0 Å². The zero-order valence-electron chi connectivity index (χ0n) is 14.7. The van der Waals surface area contributed by atoms with Crippen LogP contribution in [0, 0.1) is 6.92 Å². The highest BCUT2D eigenvalue weighted by Crippen LogP contribution is 2.36. The van der Waals surface area contributed by atoms with Gasteiger partial charge in [0.25, 0.3) is 5.91 Å². The van der Waals surface area contributed by atoms with Gasteiger partial charge in [-0.3, -0.25) is 9.48 Å². The molecule has 0 atom stereocenters. The van der Waals surface area contributed by atoms with E-state index in [0.29, 0.717) is 5.56 Å². The van der Waals surface area contributed by atoms with Gasteiger partial charge in [-0.25, -0.2) is 4.98 Å². The first-order valence-corrected chi connectivity index (χ1v) is 9.81. The number of hydrogen-bond acceptors (Lipinski definition) is 5. The van der Waals surface area contributed by atoms with Gasteiger partial charge in [0.1, 0.15) is 0 Å². The quantitative estimate of drug-likeness (QED) is 0.745. The summed E-state index contributed by atoms with van der Waals surface area (Å²) in [7, 11) is 1.81. The lowest BCUT2D eigenvalue weighted by Crippen LogP contribution is -2.44. The summed E-state index contributed by atoms with van der Waals surface area (Å²) in [6.45, 7) is 3.80. The molecule has 1 aliphatic rings. The Kier molecular flexibility index (Phi) is 4.58. The lowest BCUT2D eigenvalue weighted by atomic mass is 10.1. The van der Waals surface area contributed by atoms with Crippen molar-refractivity contribution in [3.05, 3.63) is 40.7 Å². The Morgan fingerprint density at radius 2 is 2.12 bits per heavy atom. The minimum Gasteiger partial charge on any atom is -0.349 e. The van der Waals surface area contributed by atoms with Crippen LogP contribution >= 0.6 is 22.9 Å². The number of amides is 1. The number of aromatic nitrogens is 3. The molecule has 0 radical (unpaired) electrons. The third kappa shape index (κ3) is 3.29. The summed E-state index contributed by atoms with van der Waals surface area (Å²) in [6.07, 6.45) is 5.12. The highest BCUT2D eigenvalue weighted by Gasteiger charge is 2.24. The highest BCUT2D eigenvalue weighted by atomic mass is 35.5. The molecule has 8 heteroatoms. The third-order valence-corrected chi connectivity index (χ3v) is 6.33. The molecule has 3 heterocycles. The van der Waals surface area contributed by atoms with Crippen molar-refractivity contribution in [2.24, 2.45) is 7.05 Å². The second-order valence-electron chi connectivity index (χ2n) is 6.68. The maximum atomic E-state index is 12.3. The molecule has 1 aliphatic heterocycles. The number of anilines is 1. The fourth-order valence-electron chi connectivity index (χ4n) is 3.25. The van der Waals surface area contributed by atoms with E-state index in [1.807, 2.05) is 12.1 Å². The summed E-state index contributed by atoms with van der Waals surface area (Å²) in [4.78, 5) is 19.3. The van der Waals surface area contributed by atoms with Crippen LogP contribution in [-0.2, 0) is 7.05 Å². The third-order valence-electron chi connectivity index (χ3n) is 4.75. The van der Waals surface area contributed by atoms with Crippen molar-refractivity contribution in [2.45, 2.75) is 25.8 Å². The van der Waals surface area contributed by atoms with Crippen molar-refractivity contribution in [1.29, 1.82) is 0 Å². The van der Waals surface area contributed by atoms with Crippen LogP contribution in [0.15, 0.2) is 24.5 Å². The molecule has 0 bridgehead atoms. The summed E-state index contributed by atoms with van der Waals surface area (Å²) >= 11 is 7.96. The van der Waals surface area contributed by atoms with Gasteiger partial charge in [0.15, 0.2) is 5.13 Å². The Morgan fingerprint density at radius 1 is 1.35 bits per heavy atom. The molecule has 6 nitrogen and oxygen atoms in total. The molecule has 1 fully saturated rings. The smallest absolute Gasteiger partial charge is 0.254 e. The molecule has 1 aromatic carbocycles. The van der Waals surface area contributed by atoms with Crippen molar-refractivity contribution in [1.82, 2.24) is 20.1 Å². The molecule has 3 aromatic rings. The van der Waals surface area contributed by atoms with Gasteiger partial charge in [-0.2, -0.15) is 5.10 Å². The zero-order chi connectivity index (χ0) is 18.3. The maximum absolute atomic E-state index is 12.3. The van der Waals surface area contributed by atoms with Gasteiger partial charge >= 0.3 is 0 Å². The van der Waals surface area contributed by atoms with Crippen molar-refractivity contribution >= 4 is 44.2 Å². The Morgan fingerprint density at radius 3 is 2.77 bits per heavy atom. The lowest BCUT2D eigenvalue weighted by molar-refractivity contribution is 0.0931. The van der Waals surface area contributed by atoms with E-state index in [9.17, 15) is 4.79 Å². The summed E-state index contributed by atoms with van der Waals surface area (Å²) in [5.41, 5.74) is 2.74. The monoisotopic (exact) mass is 389 g/mol. The van der Waals surface area contributed by atoms with E-state index in [2.05, 4.69) is 22.2 Å². The molecule has 1 saturated heterocycles. The van der Waals surface area contributed by atoms with Crippen LogP contribution in [0.25, 0.3) is 10.2 Å². The summed E-state index contributed by atoms with van der Waals surface area (Å²) in [6, 6.07) is 4.12. The van der Waals surface area contributed by atoms with Gasteiger partial charge in [0.2, 0.25) is 0 Å². The van der Waals surface area contributed by atoms with E-state index < -0.39 is 0 Å².